The molecular formula is C16H19N3OS. The van der Waals surface area contributed by atoms with Crippen molar-refractivity contribution >= 4 is 22.5 Å². The lowest BCUT2D eigenvalue weighted by Crippen LogP contribution is -2.38. The smallest absolute Gasteiger partial charge is 0.321 e. The van der Waals surface area contributed by atoms with Crippen LogP contribution in [0.2, 0.25) is 0 Å². The number of nitrogens with one attached hydrogen (secondary N) is 2. The molecular weight excluding hydrogens is 282 g/mol. The molecule has 1 saturated carbocycles. The van der Waals surface area contributed by atoms with E-state index in [4.69, 9.17) is 0 Å². The van der Waals surface area contributed by atoms with Crippen molar-refractivity contribution in [2.24, 2.45) is 0 Å². The van der Waals surface area contributed by atoms with Gasteiger partial charge in [-0.1, -0.05) is 60.9 Å². The molecule has 3 rings (SSSR count). The Labute approximate surface area is 128 Å². The number of amides is 2. The van der Waals surface area contributed by atoms with Crippen molar-refractivity contribution in [2.75, 3.05) is 5.32 Å². The number of nitrogens with zero attached hydrogens (tertiary/aromatic N) is 1. The van der Waals surface area contributed by atoms with E-state index in [1.165, 1.54) is 30.6 Å². The number of benzene rings is 1. The maximum atomic E-state index is 12.0. The van der Waals surface area contributed by atoms with Crippen LogP contribution in [0.5, 0.6) is 0 Å². The van der Waals surface area contributed by atoms with Crippen LogP contribution < -0.4 is 10.6 Å². The molecule has 5 heteroatoms. The molecule has 1 heterocycles. The molecule has 1 aromatic carbocycles. The van der Waals surface area contributed by atoms with E-state index >= 15 is 0 Å². The van der Waals surface area contributed by atoms with Gasteiger partial charge >= 0.3 is 6.03 Å². The van der Waals surface area contributed by atoms with Crippen LogP contribution in [0.25, 0.3) is 10.4 Å². The minimum absolute atomic E-state index is 0.143. The van der Waals surface area contributed by atoms with E-state index < -0.39 is 0 Å². The fraction of sp³-hybridized carbons (Fsp3) is 0.375. The number of carbonyl (C=O) groups excluding carboxylic acids is 1. The highest BCUT2D eigenvalue weighted by molar-refractivity contribution is 7.19. The summed E-state index contributed by atoms with van der Waals surface area (Å²) >= 11 is 1.49. The van der Waals surface area contributed by atoms with Gasteiger partial charge in [0.2, 0.25) is 0 Å². The molecule has 2 N–H and O–H groups in total. The van der Waals surface area contributed by atoms with Crippen molar-refractivity contribution in [3.05, 3.63) is 36.5 Å². The fourth-order valence-electron chi connectivity index (χ4n) is 2.63. The average molecular weight is 301 g/mol. The summed E-state index contributed by atoms with van der Waals surface area (Å²) < 4.78 is 0. The first-order chi connectivity index (χ1) is 10.3. The quantitative estimate of drug-likeness (QED) is 0.889. The third-order valence-electron chi connectivity index (χ3n) is 3.72. The van der Waals surface area contributed by atoms with E-state index in [2.05, 4.69) is 15.6 Å². The van der Waals surface area contributed by atoms with Gasteiger partial charge in [0.15, 0.2) is 5.13 Å². The molecule has 21 heavy (non-hydrogen) atoms. The van der Waals surface area contributed by atoms with Gasteiger partial charge in [-0.25, -0.2) is 9.78 Å². The molecule has 0 unspecified atom stereocenters. The van der Waals surface area contributed by atoms with Gasteiger partial charge in [-0.05, 0) is 18.4 Å². The Hall–Kier alpha value is -1.88. The van der Waals surface area contributed by atoms with Gasteiger partial charge in [-0.2, -0.15) is 0 Å². The Bertz CT molecular complexity index is 591. The third-order valence-corrected chi connectivity index (χ3v) is 4.69. The fourth-order valence-corrected chi connectivity index (χ4v) is 3.45. The van der Waals surface area contributed by atoms with Crippen LogP contribution in [-0.2, 0) is 0 Å². The molecule has 1 aromatic heterocycles. The molecule has 1 aliphatic rings. The zero-order valence-electron chi connectivity index (χ0n) is 11.8. The Morgan fingerprint density at radius 1 is 1.14 bits per heavy atom. The first-order valence-electron chi connectivity index (χ1n) is 7.40. The number of anilines is 1. The van der Waals surface area contributed by atoms with Gasteiger partial charge in [-0.15, -0.1) is 0 Å². The Kier molecular flexibility index (Phi) is 4.50. The molecule has 4 nitrogen and oxygen atoms in total. The highest BCUT2D eigenvalue weighted by Gasteiger charge is 2.16. The van der Waals surface area contributed by atoms with Crippen LogP contribution in [0.4, 0.5) is 9.93 Å². The van der Waals surface area contributed by atoms with Crippen LogP contribution in [0.1, 0.15) is 32.1 Å². The second-order valence-corrected chi connectivity index (χ2v) is 6.36. The minimum atomic E-state index is -0.143. The molecule has 1 fully saturated rings. The maximum Gasteiger partial charge on any atom is 0.321 e. The topological polar surface area (TPSA) is 54.0 Å². The van der Waals surface area contributed by atoms with Crippen molar-refractivity contribution in [3.8, 4) is 10.4 Å². The van der Waals surface area contributed by atoms with Crippen molar-refractivity contribution in [1.82, 2.24) is 10.3 Å². The van der Waals surface area contributed by atoms with E-state index in [1.807, 2.05) is 30.3 Å². The Balaban J connectivity index is 1.58. The summed E-state index contributed by atoms with van der Waals surface area (Å²) in [5.74, 6) is 0. The highest BCUT2D eigenvalue weighted by Crippen LogP contribution is 2.28. The normalized spacial score (nSPS) is 15.6. The molecule has 0 aliphatic heterocycles. The number of thiazole rings is 1. The minimum Gasteiger partial charge on any atom is -0.335 e. The predicted molar refractivity (Wildman–Crippen MR) is 86.6 cm³/mol. The molecule has 110 valence electrons. The van der Waals surface area contributed by atoms with Crippen LogP contribution in [0, 0.1) is 0 Å². The predicted octanol–water partition coefficient (Wildman–Crippen LogP) is 4.26. The van der Waals surface area contributed by atoms with E-state index in [0.717, 1.165) is 23.3 Å². The lowest BCUT2D eigenvalue weighted by Gasteiger charge is -2.22. The Morgan fingerprint density at radius 3 is 2.67 bits per heavy atom. The second kappa shape index (κ2) is 6.72. The maximum absolute atomic E-state index is 12.0. The molecule has 2 aromatic rings. The molecule has 0 radical (unpaired) electrons. The van der Waals surface area contributed by atoms with Gasteiger partial charge in [0.05, 0.1) is 4.88 Å². The summed E-state index contributed by atoms with van der Waals surface area (Å²) in [6.07, 6.45) is 7.67. The van der Waals surface area contributed by atoms with E-state index in [9.17, 15) is 4.79 Å². The standard InChI is InChI=1S/C16H19N3OS/c20-15(18-13-9-5-2-6-10-13)19-16-17-11-14(21-16)12-7-3-1-4-8-12/h1,3-4,7-8,11,13H,2,5-6,9-10H2,(H2,17,18,19,20). The first kappa shape index (κ1) is 14.1. The van der Waals surface area contributed by atoms with E-state index in [-0.39, 0.29) is 6.03 Å². The number of urea groups is 1. The summed E-state index contributed by atoms with van der Waals surface area (Å²) in [6.45, 7) is 0. The summed E-state index contributed by atoms with van der Waals surface area (Å²) in [6, 6.07) is 10.2. The molecule has 0 atom stereocenters. The number of carbonyl (C=O) groups is 1. The number of hydrogen-bond acceptors (Lipinski definition) is 3. The van der Waals surface area contributed by atoms with Crippen LogP contribution in [-0.4, -0.2) is 17.1 Å². The van der Waals surface area contributed by atoms with Gasteiger partial charge in [0, 0.05) is 12.2 Å². The zero-order valence-corrected chi connectivity index (χ0v) is 12.7. The van der Waals surface area contributed by atoms with Gasteiger partial charge < -0.3 is 5.32 Å². The summed E-state index contributed by atoms with van der Waals surface area (Å²) in [4.78, 5) is 17.3. The third kappa shape index (κ3) is 3.82. The lowest BCUT2D eigenvalue weighted by atomic mass is 9.96. The largest absolute Gasteiger partial charge is 0.335 e. The van der Waals surface area contributed by atoms with Crippen molar-refractivity contribution in [1.29, 1.82) is 0 Å². The van der Waals surface area contributed by atoms with E-state index in [0.29, 0.717) is 11.2 Å². The first-order valence-corrected chi connectivity index (χ1v) is 8.22. The zero-order chi connectivity index (χ0) is 14.5. The molecule has 0 spiro atoms. The number of rotatable bonds is 3. The van der Waals surface area contributed by atoms with Crippen LogP contribution in [0.3, 0.4) is 0 Å². The number of aromatic nitrogens is 1. The second-order valence-electron chi connectivity index (χ2n) is 5.33. The average Bonchev–Trinajstić information content (AvgIpc) is 2.97. The molecule has 2 amide bonds. The van der Waals surface area contributed by atoms with Crippen LogP contribution >= 0.6 is 11.3 Å². The lowest BCUT2D eigenvalue weighted by molar-refractivity contribution is 0.244. The van der Waals surface area contributed by atoms with Gasteiger partial charge in [0.25, 0.3) is 0 Å². The van der Waals surface area contributed by atoms with Crippen molar-refractivity contribution in [3.63, 3.8) is 0 Å². The van der Waals surface area contributed by atoms with Crippen molar-refractivity contribution in [2.45, 2.75) is 38.1 Å². The summed E-state index contributed by atoms with van der Waals surface area (Å²) in [5.41, 5.74) is 1.12. The summed E-state index contributed by atoms with van der Waals surface area (Å²) in [5, 5.41) is 6.51. The summed E-state index contributed by atoms with van der Waals surface area (Å²) in [7, 11) is 0. The highest BCUT2D eigenvalue weighted by atomic mass is 32.1. The van der Waals surface area contributed by atoms with Gasteiger partial charge in [0.1, 0.15) is 0 Å². The van der Waals surface area contributed by atoms with Crippen LogP contribution in [0.15, 0.2) is 36.5 Å². The number of hydrogen-bond donors (Lipinski definition) is 2. The van der Waals surface area contributed by atoms with E-state index in [1.54, 1.807) is 6.20 Å². The Morgan fingerprint density at radius 2 is 1.90 bits per heavy atom. The SMILES string of the molecule is O=C(Nc1ncc(-c2ccccc2)s1)NC1CCCCC1. The molecule has 0 bridgehead atoms. The monoisotopic (exact) mass is 301 g/mol. The van der Waals surface area contributed by atoms with Crippen molar-refractivity contribution < 1.29 is 4.79 Å². The molecule has 1 aliphatic carbocycles. The van der Waals surface area contributed by atoms with Gasteiger partial charge in [-0.3, -0.25) is 5.32 Å². The molecule has 0 saturated heterocycles.